The van der Waals surface area contributed by atoms with Crippen LogP contribution in [0.25, 0.3) is 0 Å². The van der Waals surface area contributed by atoms with Crippen LogP contribution in [0.3, 0.4) is 0 Å². The first-order chi connectivity index (χ1) is 7.53. The van der Waals surface area contributed by atoms with Gasteiger partial charge >= 0.3 is 6.18 Å². The maximum Gasteiger partial charge on any atom is 0.389 e. The van der Waals surface area contributed by atoms with E-state index in [0.717, 1.165) is 12.8 Å². The molecular weight excluding hydrogens is 223 g/mol. The minimum atomic E-state index is -4.17. The van der Waals surface area contributed by atoms with Crippen molar-refractivity contribution in [2.45, 2.75) is 44.4 Å². The molecule has 2 rings (SSSR count). The second-order valence-corrected chi connectivity index (χ2v) is 3.87. The van der Waals surface area contributed by atoms with E-state index in [4.69, 9.17) is 4.52 Å². The predicted octanol–water partition coefficient (Wildman–Crippen LogP) is 1.82. The summed E-state index contributed by atoms with van der Waals surface area (Å²) in [5, 5.41) is 6.63. The van der Waals surface area contributed by atoms with Crippen molar-refractivity contribution in [3.05, 3.63) is 11.7 Å². The molecule has 0 amide bonds. The molecule has 0 aromatic carbocycles. The molecule has 7 heteroatoms. The SMILES string of the molecule is FC(F)(F)CCc1noc(CNC2CC2)n1. The van der Waals surface area contributed by atoms with Gasteiger partial charge < -0.3 is 9.84 Å². The number of alkyl halides is 3. The summed E-state index contributed by atoms with van der Waals surface area (Å²) in [4.78, 5) is 3.87. The molecule has 4 nitrogen and oxygen atoms in total. The smallest absolute Gasteiger partial charge is 0.338 e. The zero-order valence-corrected chi connectivity index (χ0v) is 8.55. The molecule has 16 heavy (non-hydrogen) atoms. The zero-order chi connectivity index (χ0) is 11.6. The quantitative estimate of drug-likeness (QED) is 0.845. The Morgan fingerprint density at radius 1 is 1.38 bits per heavy atom. The van der Waals surface area contributed by atoms with Crippen LogP contribution in [0, 0.1) is 0 Å². The minimum absolute atomic E-state index is 0.116. The molecule has 1 aromatic rings. The Hall–Kier alpha value is -1.11. The third-order valence-electron chi connectivity index (χ3n) is 2.26. The Balaban J connectivity index is 1.77. The number of rotatable bonds is 5. The monoisotopic (exact) mass is 235 g/mol. The molecule has 0 atom stereocenters. The van der Waals surface area contributed by atoms with Gasteiger partial charge in [-0.15, -0.1) is 0 Å². The van der Waals surface area contributed by atoms with E-state index in [9.17, 15) is 13.2 Å². The number of hydrogen-bond donors (Lipinski definition) is 1. The van der Waals surface area contributed by atoms with E-state index >= 15 is 0 Å². The fourth-order valence-electron chi connectivity index (χ4n) is 1.24. The Bertz CT molecular complexity index is 346. The molecule has 0 unspecified atom stereocenters. The molecule has 1 aromatic heterocycles. The van der Waals surface area contributed by atoms with E-state index in [2.05, 4.69) is 15.5 Å². The maximum absolute atomic E-state index is 11.9. The van der Waals surface area contributed by atoms with Crippen LogP contribution < -0.4 is 5.32 Å². The second-order valence-electron chi connectivity index (χ2n) is 3.87. The van der Waals surface area contributed by atoms with Gasteiger partial charge in [0.2, 0.25) is 5.89 Å². The summed E-state index contributed by atoms with van der Waals surface area (Å²) in [6.45, 7) is 0.434. The van der Waals surface area contributed by atoms with Gasteiger partial charge in [0.05, 0.1) is 13.0 Å². The summed E-state index contributed by atoms with van der Waals surface area (Å²) in [7, 11) is 0. The lowest BCUT2D eigenvalue weighted by Crippen LogP contribution is -2.15. The summed E-state index contributed by atoms with van der Waals surface area (Å²) in [5.41, 5.74) is 0. The number of aromatic nitrogens is 2. The molecule has 1 aliphatic carbocycles. The number of halogens is 3. The van der Waals surface area contributed by atoms with Crippen LogP contribution >= 0.6 is 0 Å². The fourth-order valence-corrected chi connectivity index (χ4v) is 1.24. The molecule has 1 saturated carbocycles. The van der Waals surface area contributed by atoms with Crippen LogP contribution in [0.4, 0.5) is 13.2 Å². The maximum atomic E-state index is 11.9. The lowest BCUT2D eigenvalue weighted by molar-refractivity contribution is -0.134. The molecule has 1 aliphatic rings. The minimum Gasteiger partial charge on any atom is -0.338 e. The average molecular weight is 235 g/mol. The summed E-state index contributed by atoms with van der Waals surface area (Å²) >= 11 is 0. The van der Waals surface area contributed by atoms with Crippen molar-refractivity contribution in [1.29, 1.82) is 0 Å². The van der Waals surface area contributed by atoms with Gasteiger partial charge in [-0.2, -0.15) is 18.2 Å². The molecule has 90 valence electrons. The van der Waals surface area contributed by atoms with Crippen molar-refractivity contribution in [2.24, 2.45) is 0 Å². The Morgan fingerprint density at radius 3 is 2.75 bits per heavy atom. The van der Waals surface area contributed by atoms with Gasteiger partial charge in [-0.05, 0) is 12.8 Å². The van der Waals surface area contributed by atoms with Crippen LogP contribution in [-0.4, -0.2) is 22.4 Å². The molecule has 0 saturated heterocycles. The average Bonchev–Trinajstić information content (AvgIpc) is 2.91. The van der Waals surface area contributed by atoms with Crippen LogP contribution in [0.5, 0.6) is 0 Å². The molecular formula is C9H12F3N3O. The van der Waals surface area contributed by atoms with E-state index < -0.39 is 12.6 Å². The highest BCUT2D eigenvalue weighted by Crippen LogP contribution is 2.21. The van der Waals surface area contributed by atoms with Gasteiger partial charge in [0.25, 0.3) is 0 Å². The van der Waals surface area contributed by atoms with Crippen molar-refractivity contribution in [1.82, 2.24) is 15.5 Å². The predicted molar refractivity (Wildman–Crippen MR) is 48.5 cm³/mol. The standard InChI is InChI=1S/C9H12F3N3O/c10-9(11,12)4-3-7-14-8(16-15-7)5-13-6-1-2-6/h6,13H,1-5H2. The van der Waals surface area contributed by atoms with Crippen LogP contribution in [0.2, 0.25) is 0 Å². The fraction of sp³-hybridized carbons (Fsp3) is 0.778. The Kier molecular flexibility index (Phi) is 3.13. The van der Waals surface area contributed by atoms with Crippen molar-refractivity contribution in [3.63, 3.8) is 0 Å². The number of nitrogens with zero attached hydrogens (tertiary/aromatic N) is 2. The van der Waals surface area contributed by atoms with Gasteiger partial charge in [0, 0.05) is 12.5 Å². The van der Waals surface area contributed by atoms with E-state index in [1.54, 1.807) is 0 Å². The van der Waals surface area contributed by atoms with Gasteiger partial charge in [0.1, 0.15) is 0 Å². The van der Waals surface area contributed by atoms with Gasteiger partial charge in [-0.1, -0.05) is 5.16 Å². The lowest BCUT2D eigenvalue weighted by atomic mass is 10.3. The normalized spacial score (nSPS) is 16.7. The number of nitrogens with one attached hydrogen (secondary N) is 1. The number of hydrogen-bond acceptors (Lipinski definition) is 4. The van der Waals surface area contributed by atoms with Crippen LogP contribution in [0.15, 0.2) is 4.52 Å². The largest absolute Gasteiger partial charge is 0.389 e. The molecule has 0 radical (unpaired) electrons. The second kappa shape index (κ2) is 4.40. The first kappa shape index (κ1) is 11.4. The Labute approximate surface area is 90.2 Å². The molecule has 1 heterocycles. The van der Waals surface area contributed by atoms with E-state index in [1.165, 1.54) is 0 Å². The first-order valence-corrected chi connectivity index (χ1v) is 5.14. The van der Waals surface area contributed by atoms with Gasteiger partial charge in [-0.3, -0.25) is 0 Å². The third kappa shape index (κ3) is 3.80. The zero-order valence-electron chi connectivity index (χ0n) is 8.55. The molecule has 0 bridgehead atoms. The van der Waals surface area contributed by atoms with Crippen molar-refractivity contribution in [3.8, 4) is 0 Å². The van der Waals surface area contributed by atoms with Gasteiger partial charge in [0.15, 0.2) is 5.82 Å². The number of aryl methyl sites for hydroxylation is 1. The summed E-state index contributed by atoms with van der Waals surface area (Å²) in [5.74, 6) is 0.467. The van der Waals surface area contributed by atoms with Gasteiger partial charge in [-0.25, -0.2) is 0 Å². The third-order valence-corrected chi connectivity index (χ3v) is 2.26. The summed E-state index contributed by atoms with van der Waals surface area (Å²) in [6.07, 6.45) is -3.05. The highest BCUT2D eigenvalue weighted by Gasteiger charge is 2.27. The van der Waals surface area contributed by atoms with E-state index in [1.807, 2.05) is 0 Å². The first-order valence-electron chi connectivity index (χ1n) is 5.14. The highest BCUT2D eigenvalue weighted by molar-refractivity contribution is 4.89. The highest BCUT2D eigenvalue weighted by atomic mass is 19.4. The molecule has 0 spiro atoms. The van der Waals surface area contributed by atoms with Crippen molar-refractivity contribution >= 4 is 0 Å². The van der Waals surface area contributed by atoms with Crippen molar-refractivity contribution < 1.29 is 17.7 Å². The van der Waals surface area contributed by atoms with Crippen LogP contribution in [-0.2, 0) is 13.0 Å². The van der Waals surface area contributed by atoms with E-state index in [0.29, 0.717) is 18.5 Å². The molecule has 1 fully saturated rings. The lowest BCUT2D eigenvalue weighted by Gasteiger charge is -2.01. The summed E-state index contributed by atoms with van der Waals surface area (Å²) < 4.78 is 40.6. The van der Waals surface area contributed by atoms with Crippen LogP contribution in [0.1, 0.15) is 31.0 Å². The van der Waals surface area contributed by atoms with E-state index in [-0.39, 0.29) is 12.2 Å². The molecule has 1 N–H and O–H groups in total. The summed E-state index contributed by atoms with van der Waals surface area (Å²) in [6, 6.07) is 0.505. The Morgan fingerprint density at radius 2 is 2.12 bits per heavy atom. The molecule has 0 aliphatic heterocycles. The topological polar surface area (TPSA) is 51.0 Å². The van der Waals surface area contributed by atoms with Crippen molar-refractivity contribution in [2.75, 3.05) is 0 Å².